The van der Waals surface area contributed by atoms with Gasteiger partial charge < -0.3 is 0 Å². The van der Waals surface area contributed by atoms with E-state index in [0.29, 0.717) is 0 Å². The molecule has 150 valence electrons. The number of rotatable bonds is 2. The zero-order valence-corrected chi connectivity index (χ0v) is 19.1. The molecule has 0 amide bonds. The minimum Gasteiger partial charge on any atom is -0.264 e. The number of nitrogens with zero attached hydrogens (tertiary/aromatic N) is 1. The number of hydrogen-bond acceptors (Lipinski definition) is 2. The zero-order valence-electron chi connectivity index (χ0n) is 17.4. The summed E-state index contributed by atoms with van der Waals surface area (Å²) in [5, 5.41) is 7.70. The lowest BCUT2D eigenvalue weighted by molar-refractivity contribution is 1.10. The van der Waals surface area contributed by atoms with Gasteiger partial charge in [-0.3, -0.25) is 4.98 Å². The van der Waals surface area contributed by atoms with Gasteiger partial charge in [0.15, 0.2) is 0 Å². The first-order valence-electron chi connectivity index (χ1n) is 10.8. The number of aromatic nitrogens is 1. The van der Waals surface area contributed by atoms with Crippen LogP contribution < -0.4 is 10.6 Å². The molecule has 0 spiro atoms. The van der Waals surface area contributed by atoms with Crippen molar-refractivity contribution in [1.29, 1.82) is 0 Å². The third-order valence-corrected chi connectivity index (χ3v) is 11.6. The Kier molecular flexibility index (Phi) is 4.35. The average molecular weight is 436 g/mol. The fraction of sp³-hybridized carbons (Fsp3) is 0.107. The highest BCUT2D eigenvalue weighted by atomic mass is 32.4. The third-order valence-electron chi connectivity index (χ3n) is 6.49. The molecule has 6 rings (SSSR count). The van der Waals surface area contributed by atoms with Crippen LogP contribution in [0, 0.1) is 0 Å². The predicted octanol–water partition coefficient (Wildman–Crippen LogP) is 6.88. The van der Waals surface area contributed by atoms with Crippen LogP contribution in [0.5, 0.6) is 0 Å². The Morgan fingerprint density at radius 1 is 0.677 bits per heavy atom. The second-order valence-electron chi connectivity index (χ2n) is 8.21. The van der Waals surface area contributed by atoms with Gasteiger partial charge >= 0.3 is 0 Å². The molecule has 0 bridgehead atoms. The molecular weight excluding hydrogens is 413 g/mol. The lowest BCUT2D eigenvalue weighted by Crippen LogP contribution is -2.19. The molecule has 5 aromatic rings. The summed E-state index contributed by atoms with van der Waals surface area (Å²) in [4.78, 5) is 4.48. The quantitative estimate of drug-likeness (QED) is 0.222. The lowest BCUT2D eigenvalue weighted by atomic mass is 9.86. The first kappa shape index (κ1) is 18.9. The highest BCUT2D eigenvalue weighted by Crippen LogP contribution is 2.55. The summed E-state index contributed by atoms with van der Waals surface area (Å²) in [7, 11) is 0. The zero-order chi connectivity index (χ0) is 21.0. The molecule has 31 heavy (non-hydrogen) atoms. The van der Waals surface area contributed by atoms with Crippen molar-refractivity contribution in [3.8, 4) is 22.3 Å². The summed E-state index contributed by atoms with van der Waals surface area (Å²) in [6, 6.07) is 26.8. The molecule has 0 N–H and O–H groups in total. The minimum absolute atomic E-state index is 1.04. The summed E-state index contributed by atoms with van der Waals surface area (Å²) < 4.78 is 0. The molecule has 1 atom stereocenters. The van der Waals surface area contributed by atoms with Gasteiger partial charge in [-0.25, -0.2) is 0 Å². The molecule has 1 nitrogen and oxygen atoms in total. The van der Waals surface area contributed by atoms with Crippen molar-refractivity contribution in [3.63, 3.8) is 0 Å². The molecule has 4 aromatic carbocycles. The standard InChI is InChI=1S/C28H22NPS/c1-2-17-30(31)25-13-7-5-11-22(25)27-20-10-4-3-9-19(20)24-18-29-16-15-21(24)28(27)23-12-6-8-14-26(23)30/h3-16,18H,2,17H2,1H3. The first-order chi connectivity index (χ1) is 15.2. The van der Waals surface area contributed by atoms with Gasteiger partial charge in [0.1, 0.15) is 0 Å². The molecule has 0 saturated carbocycles. The predicted molar refractivity (Wildman–Crippen MR) is 139 cm³/mol. The van der Waals surface area contributed by atoms with Gasteiger partial charge in [0.05, 0.1) is 0 Å². The number of benzene rings is 4. The van der Waals surface area contributed by atoms with E-state index in [9.17, 15) is 0 Å². The largest absolute Gasteiger partial charge is 0.264 e. The highest BCUT2D eigenvalue weighted by Gasteiger charge is 2.33. The Balaban J connectivity index is 1.95. The SMILES string of the molecule is CCCP1(=S)c2ccccc2-c2c(c3ccncc3c3ccccc23)-c2ccccc21. The van der Waals surface area contributed by atoms with E-state index in [1.165, 1.54) is 54.4 Å². The van der Waals surface area contributed by atoms with Gasteiger partial charge in [0.25, 0.3) is 0 Å². The molecule has 1 aliphatic rings. The van der Waals surface area contributed by atoms with Crippen LogP contribution in [0.15, 0.2) is 91.3 Å². The van der Waals surface area contributed by atoms with Gasteiger partial charge in [0.2, 0.25) is 0 Å². The van der Waals surface area contributed by atoms with Crippen LogP contribution in [-0.2, 0) is 11.8 Å². The Labute approximate surface area is 187 Å². The fourth-order valence-corrected chi connectivity index (χ4v) is 9.96. The van der Waals surface area contributed by atoms with Gasteiger partial charge in [0, 0.05) is 23.8 Å². The Morgan fingerprint density at radius 2 is 1.23 bits per heavy atom. The van der Waals surface area contributed by atoms with E-state index < -0.39 is 6.04 Å². The maximum atomic E-state index is 6.64. The van der Waals surface area contributed by atoms with E-state index in [1.54, 1.807) is 0 Å². The van der Waals surface area contributed by atoms with Crippen LogP contribution in [0.1, 0.15) is 13.3 Å². The molecule has 0 saturated heterocycles. The maximum Gasteiger partial charge on any atom is 0.0352 e. The highest BCUT2D eigenvalue weighted by molar-refractivity contribution is 8.22. The molecule has 0 aliphatic carbocycles. The second-order valence-corrected chi connectivity index (χ2v) is 13.0. The molecule has 0 radical (unpaired) electrons. The van der Waals surface area contributed by atoms with Crippen molar-refractivity contribution >= 4 is 50.0 Å². The van der Waals surface area contributed by atoms with Crippen molar-refractivity contribution in [3.05, 3.63) is 91.3 Å². The van der Waals surface area contributed by atoms with Crippen LogP contribution in [0.25, 0.3) is 43.8 Å². The molecular formula is C28H22NPS. The Bertz CT molecular complexity index is 1430. The maximum absolute atomic E-state index is 6.64. The number of pyridine rings is 1. The van der Waals surface area contributed by atoms with E-state index in [-0.39, 0.29) is 0 Å². The van der Waals surface area contributed by atoms with Crippen LogP contribution in [-0.4, -0.2) is 11.1 Å². The Hall–Kier alpha value is -2.80. The molecule has 2 heterocycles. The fourth-order valence-electron chi connectivity index (χ4n) is 5.28. The van der Waals surface area contributed by atoms with E-state index in [4.69, 9.17) is 11.8 Å². The number of hydrogen-bond donors (Lipinski definition) is 0. The van der Waals surface area contributed by atoms with Crippen molar-refractivity contribution in [2.75, 3.05) is 6.16 Å². The van der Waals surface area contributed by atoms with E-state index in [1.807, 2.05) is 12.4 Å². The third kappa shape index (κ3) is 2.62. The van der Waals surface area contributed by atoms with E-state index in [0.717, 1.165) is 12.6 Å². The summed E-state index contributed by atoms with van der Waals surface area (Å²) in [5.41, 5.74) is 5.23. The molecule has 1 aromatic heterocycles. The lowest BCUT2D eigenvalue weighted by Gasteiger charge is -2.25. The van der Waals surface area contributed by atoms with Gasteiger partial charge in [-0.2, -0.15) is 0 Å². The summed E-state index contributed by atoms with van der Waals surface area (Å²) in [6.07, 6.45) is 6.06. The summed E-state index contributed by atoms with van der Waals surface area (Å²) in [5.74, 6) is 0. The monoisotopic (exact) mass is 435 g/mol. The van der Waals surface area contributed by atoms with Crippen LogP contribution >= 0.6 is 6.04 Å². The van der Waals surface area contributed by atoms with Gasteiger partial charge in [-0.15, -0.1) is 0 Å². The van der Waals surface area contributed by atoms with E-state index in [2.05, 4.69) is 90.8 Å². The van der Waals surface area contributed by atoms with Crippen molar-refractivity contribution < 1.29 is 0 Å². The second kappa shape index (κ2) is 7.12. The smallest absolute Gasteiger partial charge is 0.0352 e. The normalized spacial score (nSPS) is 17.1. The van der Waals surface area contributed by atoms with Crippen molar-refractivity contribution in [2.24, 2.45) is 0 Å². The van der Waals surface area contributed by atoms with Crippen LogP contribution in [0.2, 0.25) is 0 Å². The van der Waals surface area contributed by atoms with Crippen molar-refractivity contribution in [2.45, 2.75) is 13.3 Å². The first-order valence-corrected chi connectivity index (χ1v) is 13.8. The van der Waals surface area contributed by atoms with Crippen LogP contribution in [0.3, 0.4) is 0 Å². The summed E-state index contributed by atoms with van der Waals surface area (Å²) in [6.45, 7) is 2.26. The van der Waals surface area contributed by atoms with Crippen LogP contribution in [0.4, 0.5) is 0 Å². The Morgan fingerprint density at radius 3 is 1.87 bits per heavy atom. The molecule has 1 aliphatic heterocycles. The van der Waals surface area contributed by atoms with Gasteiger partial charge in [-0.1, -0.05) is 97.9 Å². The topological polar surface area (TPSA) is 12.9 Å². The average Bonchev–Trinajstić information content (AvgIpc) is 2.92. The number of fused-ring (bicyclic) bond motifs is 10. The summed E-state index contributed by atoms with van der Waals surface area (Å²) >= 11 is 6.64. The van der Waals surface area contributed by atoms with E-state index >= 15 is 0 Å². The van der Waals surface area contributed by atoms with Gasteiger partial charge in [-0.05, 0) is 61.2 Å². The molecule has 1 unspecified atom stereocenters. The molecule has 3 heteroatoms. The molecule has 0 fully saturated rings. The minimum atomic E-state index is -1.96. The van der Waals surface area contributed by atoms with Crippen molar-refractivity contribution in [1.82, 2.24) is 4.98 Å².